The lowest BCUT2D eigenvalue weighted by atomic mass is 10.2. The number of halogens is 1. The van der Waals surface area contributed by atoms with Gasteiger partial charge in [-0.05, 0) is 40.1 Å². The van der Waals surface area contributed by atoms with E-state index in [0.717, 1.165) is 18.8 Å². The molecule has 0 bridgehead atoms. The Bertz CT molecular complexity index is 328. The summed E-state index contributed by atoms with van der Waals surface area (Å²) in [5, 5.41) is 0.549. The third kappa shape index (κ3) is 3.65. The van der Waals surface area contributed by atoms with Gasteiger partial charge in [-0.3, -0.25) is 0 Å². The van der Waals surface area contributed by atoms with Crippen LogP contribution in [-0.4, -0.2) is 43.1 Å². The van der Waals surface area contributed by atoms with Crippen molar-refractivity contribution in [3.05, 3.63) is 23.5 Å². The molecule has 0 saturated heterocycles. The predicted molar refractivity (Wildman–Crippen MR) is 70.3 cm³/mol. The summed E-state index contributed by atoms with van der Waals surface area (Å²) in [6.07, 6.45) is 1.75. The third-order valence-electron chi connectivity index (χ3n) is 2.54. The summed E-state index contributed by atoms with van der Waals surface area (Å²) in [4.78, 5) is 8.52. The van der Waals surface area contributed by atoms with Crippen LogP contribution in [0.3, 0.4) is 0 Å². The van der Waals surface area contributed by atoms with E-state index in [-0.39, 0.29) is 0 Å². The van der Waals surface area contributed by atoms with Gasteiger partial charge in [0.2, 0.25) is 0 Å². The van der Waals surface area contributed by atoms with E-state index in [2.05, 4.69) is 42.7 Å². The molecule has 0 amide bonds. The molecule has 16 heavy (non-hydrogen) atoms. The summed E-state index contributed by atoms with van der Waals surface area (Å²) >= 11 is 5.91. The molecular formula is C12H20ClN3. The van der Waals surface area contributed by atoms with Gasteiger partial charge in [-0.15, -0.1) is 0 Å². The van der Waals surface area contributed by atoms with E-state index >= 15 is 0 Å². The van der Waals surface area contributed by atoms with Gasteiger partial charge < -0.3 is 9.80 Å². The van der Waals surface area contributed by atoms with Gasteiger partial charge in [-0.1, -0.05) is 11.6 Å². The maximum absolute atomic E-state index is 5.91. The number of anilines is 1. The number of hydrogen-bond donors (Lipinski definition) is 0. The van der Waals surface area contributed by atoms with E-state index in [1.165, 1.54) is 0 Å². The monoisotopic (exact) mass is 241 g/mol. The third-order valence-corrected chi connectivity index (χ3v) is 2.75. The van der Waals surface area contributed by atoms with Crippen LogP contribution >= 0.6 is 11.6 Å². The fraction of sp³-hybridized carbons (Fsp3) is 0.583. The number of likely N-dealkylation sites (N-methyl/N-ethyl adjacent to an activating group) is 2. The molecule has 1 rings (SSSR count). The van der Waals surface area contributed by atoms with Crippen LogP contribution in [-0.2, 0) is 0 Å². The highest BCUT2D eigenvalue weighted by Crippen LogP contribution is 2.19. The minimum atomic E-state index is 0.457. The molecule has 0 spiro atoms. The molecule has 0 aliphatic heterocycles. The molecule has 0 radical (unpaired) electrons. The average molecular weight is 242 g/mol. The molecule has 3 nitrogen and oxygen atoms in total. The Morgan fingerprint density at radius 3 is 2.62 bits per heavy atom. The van der Waals surface area contributed by atoms with Crippen molar-refractivity contribution in [2.75, 3.05) is 32.1 Å². The first-order valence-electron chi connectivity index (χ1n) is 5.57. The van der Waals surface area contributed by atoms with Gasteiger partial charge in [-0.25, -0.2) is 4.98 Å². The number of hydrogen-bond acceptors (Lipinski definition) is 3. The van der Waals surface area contributed by atoms with E-state index in [9.17, 15) is 0 Å². The molecule has 0 saturated carbocycles. The molecule has 4 heteroatoms. The molecule has 0 N–H and O–H groups in total. The average Bonchev–Trinajstić information content (AvgIpc) is 2.17. The molecule has 0 aromatic carbocycles. The Balaban J connectivity index is 2.81. The molecule has 1 heterocycles. The summed E-state index contributed by atoms with van der Waals surface area (Å²) < 4.78 is 0. The molecule has 90 valence electrons. The Kier molecular flexibility index (Phi) is 5.03. The Labute approximate surface area is 103 Å². The zero-order valence-electron chi connectivity index (χ0n) is 10.4. The topological polar surface area (TPSA) is 19.4 Å². The lowest BCUT2D eigenvalue weighted by Gasteiger charge is -2.32. The molecule has 1 aromatic rings. The molecule has 0 aliphatic rings. The normalized spacial score (nSPS) is 12.9. The molecule has 1 atom stereocenters. The van der Waals surface area contributed by atoms with Crippen molar-refractivity contribution >= 4 is 17.3 Å². The van der Waals surface area contributed by atoms with Crippen molar-refractivity contribution in [1.29, 1.82) is 0 Å². The van der Waals surface area contributed by atoms with Crippen molar-refractivity contribution in [3.8, 4) is 0 Å². The second-order valence-corrected chi connectivity index (χ2v) is 4.62. The second kappa shape index (κ2) is 6.06. The van der Waals surface area contributed by atoms with E-state index in [4.69, 9.17) is 11.6 Å². The van der Waals surface area contributed by atoms with Crippen LogP contribution in [0.1, 0.15) is 13.8 Å². The second-order valence-electron chi connectivity index (χ2n) is 4.23. The highest BCUT2D eigenvalue weighted by molar-refractivity contribution is 6.29. The van der Waals surface area contributed by atoms with E-state index in [1.807, 2.05) is 12.1 Å². The minimum Gasteiger partial charge on any atom is -0.368 e. The maximum atomic E-state index is 5.91. The Morgan fingerprint density at radius 1 is 1.44 bits per heavy atom. The molecule has 0 aliphatic carbocycles. The highest BCUT2D eigenvalue weighted by Gasteiger charge is 2.13. The van der Waals surface area contributed by atoms with Crippen molar-refractivity contribution in [1.82, 2.24) is 9.88 Å². The Morgan fingerprint density at radius 2 is 2.12 bits per heavy atom. The summed E-state index contributed by atoms with van der Waals surface area (Å²) in [7, 11) is 4.17. The molecule has 1 aromatic heterocycles. The summed E-state index contributed by atoms with van der Waals surface area (Å²) in [6, 6.07) is 4.37. The van der Waals surface area contributed by atoms with E-state index < -0.39 is 0 Å². The predicted octanol–water partition coefficient (Wildman–Crippen LogP) is 2.51. The molecule has 1 unspecified atom stereocenters. The zero-order valence-corrected chi connectivity index (χ0v) is 11.2. The SMILES string of the molecule is CCN(c1ccnc(Cl)c1)C(C)CN(C)C. The first-order valence-corrected chi connectivity index (χ1v) is 5.95. The smallest absolute Gasteiger partial charge is 0.131 e. The largest absolute Gasteiger partial charge is 0.368 e. The highest BCUT2D eigenvalue weighted by atomic mass is 35.5. The fourth-order valence-corrected chi connectivity index (χ4v) is 2.11. The number of aromatic nitrogens is 1. The van der Waals surface area contributed by atoms with E-state index in [1.54, 1.807) is 6.20 Å². The number of rotatable bonds is 5. The van der Waals surface area contributed by atoms with Crippen molar-refractivity contribution in [2.24, 2.45) is 0 Å². The number of nitrogens with zero attached hydrogens (tertiary/aromatic N) is 3. The van der Waals surface area contributed by atoms with Crippen LogP contribution in [0.15, 0.2) is 18.3 Å². The lowest BCUT2D eigenvalue weighted by Crippen LogP contribution is -2.40. The van der Waals surface area contributed by atoms with Gasteiger partial charge in [-0.2, -0.15) is 0 Å². The zero-order chi connectivity index (χ0) is 12.1. The van der Waals surface area contributed by atoms with Crippen LogP contribution in [0.5, 0.6) is 0 Å². The Hall–Kier alpha value is -0.800. The summed E-state index contributed by atoms with van der Waals surface area (Å²) in [6.45, 7) is 6.36. The maximum Gasteiger partial charge on any atom is 0.131 e. The van der Waals surface area contributed by atoms with Crippen LogP contribution < -0.4 is 4.90 Å². The van der Waals surface area contributed by atoms with Gasteiger partial charge in [0.05, 0.1) is 0 Å². The number of pyridine rings is 1. The van der Waals surface area contributed by atoms with Crippen LogP contribution in [0.25, 0.3) is 0 Å². The van der Waals surface area contributed by atoms with E-state index in [0.29, 0.717) is 11.2 Å². The van der Waals surface area contributed by atoms with Crippen LogP contribution in [0, 0.1) is 0 Å². The quantitative estimate of drug-likeness (QED) is 0.739. The lowest BCUT2D eigenvalue weighted by molar-refractivity contribution is 0.373. The van der Waals surface area contributed by atoms with Gasteiger partial charge in [0.15, 0.2) is 0 Å². The van der Waals surface area contributed by atoms with Crippen LogP contribution in [0.2, 0.25) is 5.15 Å². The van der Waals surface area contributed by atoms with Crippen LogP contribution in [0.4, 0.5) is 5.69 Å². The first kappa shape index (κ1) is 13.3. The first-order chi connectivity index (χ1) is 7.54. The fourth-order valence-electron chi connectivity index (χ4n) is 1.95. The molecule has 0 fully saturated rings. The van der Waals surface area contributed by atoms with Gasteiger partial charge in [0, 0.05) is 31.0 Å². The molecular weight excluding hydrogens is 222 g/mol. The summed E-state index contributed by atoms with van der Waals surface area (Å²) in [5.41, 5.74) is 1.14. The standard InChI is InChI=1S/C12H20ClN3/c1-5-16(10(2)9-15(3)4)11-6-7-14-12(13)8-11/h6-8,10H,5,9H2,1-4H3. The van der Waals surface area contributed by atoms with Gasteiger partial charge >= 0.3 is 0 Å². The van der Waals surface area contributed by atoms with Crippen molar-refractivity contribution in [3.63, 3.8) is 0 Å². The van der Waals surface area contributed by atoms with Gasteiger partial charge in [0.25, 0.3) is 0 Å². The van der Waals surface area contributed by atoms with Gasteiger partial charge in [0.1, 0.15) is 5.15 Å². The van der Waals surface area contributed by atoms with Crippen molar-refractivity contribution < 1.29 is 0 Å². The minimum absolute atomic E-state index is 0.457. The van der Waals surface area contributed by atoms with Crippen molar-refractivity contribution in [2.45, 2.75) is 19.9 Å². The summed E-state index contributed by atoms with van der Waals surface area (Å²) in [5.74, 6) is 0.